The van der Waals surface area contributed by atoms with Gasteiger partial charge >= 0.3 is 0 Å². The summed E-state index contributed by atoms with van der Waals surface area (Å²) in [6.07, 6.45) is 15.2. The Kier molecular flexibility index (Phi) is 10.9. The van der Waals surface area contributed by atoms with Crippen molar-refractivity contribution in [3.8, 4) is 16.8 Å². The quantitative estimate of drug-likeness (QED) is 0.0903. The van der Waals surface area contributed by atoms with Crippen LogP contribution in [0.15, 0.2) is 248 Å². The Balaban J connectivity index is 0.00000255. The minimum Gasteiger partial charge on any atom is -0.456 e. The molecule has 0 saturated carbocycles. The zero-order valence-electron chi connectivity index (χ0n) is 40.5. The summed E-state index contributed by atoms with van der Waals surface area (Å²) in [5.41, 5.74) is 19.0. The molecular formula is C67H47BN3OS+. The number of para-hydroxylation sites is 4. The van der Waals surface area contributed by atoms with Crippen molar-refractivity contribution in [1.82, 2.24) is 9.14 Å². The third-order valence-corrected chi connectivity index (χ3v) is 15.5. The van der Waals surface area contributed by atoms with E-state index in [0.717, 1.165) is 72.7 Å². The summed E-state index contributed by atoms with van der Waals surface area (Å²) >= 11 is 1.85. The fraction of sp³-hybridized carbons (Fsp3) is 0.0299. The van der Waals surface area contributed by atoms with Crippen molar-refractivity contribution in [3.05, 3.63) is 260 Å². The van der Waals surface area contributed by atoms with Crippen molar-refractivity contribution in [2.24, 2.45) is 0 Å². The molecule has 73 heavy (non-hydrogen) atoms. The van der Waals surface area contributed by atoms with Gasteiger partial charge in [-0.05, 0) is 120 Å². The number of allylic oxidation sites excluding steroid dienone is 8. The number of furan rings is 1. The lowest BCUT2D eigenvalue weighted by Gasteiger charge is -2.26. The van der Waals surface area contributed by atoms with Crippen LogP contribution in [0.3, 0.4) is 0 Å². The van der Waals surface area contributed by atoms with E-state index in [4.69, 9.17) is 4.42 Å². The smallest absolute Gasteiger partial charge is 0.226 e. The van der Waals surface area contributed by atoms with Gasteiger partial charge in [-0.2, -0.15) is 4.58 Å². The van der Waals surface area contributed by atoms with E-state index in [9.17, 15) is 0 Å². The SMILES string of the molecule is C=C1/C=C\C=C/N(c2ccc(-n3c4ccccc4c4ccccc43)cc2)c2ccc3c(sc4ccc(-c5cccc([N+]6=C(/C=C(\C=C/C)c7ccc8oc9ccccc9c8c7)c7ccccc76)c5)cc43)c21.[B]C. The molecule has 2 aliphatic rings. The van der Waals surface area contributed by atoms with Crippen molar-refractivity contribution in [3.63, 3.8) is 0 Å². The first kappa shape index (κ1) is 44.0. The first-order valence-corrected chi connectivity index (χ1v) is 25.5. The molecule has 4 nitrogen and oxygen atoms in total. The summed E-state index contributed by atoms with van der Waals surface area (Å²) in [6.45, 7) is 8.22. The number of hydrogen-bond acceptors (Lipinski definition) is 3. The third-order valence-electron chi connectivity index (χ3n) is 14.3. The van der Waals surface area contributed by atoms with Crippen LogP contribution in [0.1, 0.15) is 23.6 Å². The summed E-state index contributed by atoms with van der Waals surface area (Å²) in [7, 11) is 4.50. The largest absolute Gasteiger partial charge is 0.456 e. The summed E-state index contributed by atoms with van der Waals surface area (Å²) < 4.78 is 13.4. The maximum atomic E-state index is 6.19. The van der Waals surface area contributed by atoms with Gasteiger partial charge in [0, 0.05) is 89.1 Å². The van der Waals surface area contributed by atoms with Crippen molar-refractivity contribution < 1.29 is 4.42 Å². The van der Waals surface area contributed by atoms with E-state index in [-0.39, 0.29) is 0 Å². The first-order valence-electron chi connectivity index (χ1n) is 24.7. The molecule has 9 aromatic carbocycles. The van der Waals surface area contributed by atoms with E-state index in [1.165, 1.54) is 71.2 Å². The van der Waals surface area contributed by atoms with E-state index in [1.807, 2.05) is 23.5 Å². The molecule has 3 aromatic heterocycles. The normalized spacial score (nSPS) is 14.4. The Bertz CT molecular complexity index is 4330. The Hall–Kier alpha value is -8.97. The lowest BCUT2D eigenvalue weighted by Crippen LogP contribution is -2.27. The second kappa shape index (κ2) is 18.0. The predicted octanol–water partition coefficient (Wildman–Crippen LogP) is 18.5. The van der Waals surface area contributed by atoms with E-state index < -0.39 is 0 Å². The van der Waals surface area contributed by atoms with Gasteiger partial charge in [0.1, 0.15) is 16.7 Å². The molecule has 344 valence electrons. The second-order valence-corrected chi connectivity index (χ2v) is 19.4. The molecule has 0 spiro atoms. The van der Waals surface area contributed by atoms with Gasteiger partial charge in [-0.1, -0.05) is 135 Å². The van der Waals surface area contributed by atoms with Gasteiger partial charge in [-0.3, -0.25) is 0 Å². The highest BCUT2D eigenvalue weighted by Crippen LogP contribution is 2.47. The number of fused-ring (bicyclic) bond motifs is 12. The third kappa shape index (κ3) is 7.24. The minimum absolute atomic E-state index is 0.898. The molecule has 0 atom stereocenters. The lowest BCUT2D eigenvalue weighted by molar-refractivity contribution is 0.669. The lowest BCUT2D eigenvalue weighted by atomic mass is 9.93. The summed E-state index contributed by atoms with van der Waals surface area (Å²) in [5.74, 6) is 0. The number of nitrogens with zero attached hydrogens (tertiary/aromatic N) is 3. The molecule has 0 bridgehead atoms. The number of thiophene rings is 1. The zero-order chi connectivity index (χ0) is 49.2. The van der Waals surface area contributed by atoms with Crippen molar-refractivity contribution in [2.45, 2.75) is 13.7 Å². The molecule has 14 rings (SSSR count). The van der Waals surface area contributed by atoms with Crippen LogP contribution in [0.2, 0.25) is 6.82 Å². The number of hydrogen-bond donors (Lipinski definition) is 0. The van der Waals surface area contributed by atoms with Crippen LogP contribution < -0.4 is 9.48 Å². The zero-order valence-corrected chi connectivity index (χ0v) is 41.3. The Labute approximate surface area is 429 Å². The molecule has 2 aliphatic heterocycles. The standard InChI is InChI=1S/C66H44N3OS.CH3B/c1-3-15-43(45-27-35-63-55(39-45)52-21-7-11-26-62(52)70-63)41-61-54-22-6-10-25-59(54)69(61)49-18-14-17-44(38-49)46-28-36-64-56(40-46)53-33-34-60-65(66(53)71-64)42(2)16-12-13-37-67(60)47-29-31-48(32-30-47)68-57-23-8-4-19-50(57)51-20-5-9-24-58(51)68;1-2/h3-41H,2H2,1H3;1H3/q+1;/b15-3-,16-12-,37-13-,43-41+;. The summed E-state index contributed by atoms with van der Waals surface area (Å²) in [5, 5.41) is 7.25. The van der Waals surface area contributed by atoms with Crippen LogP contribution in [0.4, 0.5) is 22.7 Å². The van der Waals surface area contributed by atoms with Gasteiger partial charge in [0.25, 0.3) is 0 Å². The Morgan fingerprint density at radius 1 is 0.603 bits per heavy atom. The Morgan fingerprint density at radius 2 is 1.32 bits per heavy atom. The van der Waals surface area contributed by atoms with Gasteiger partial charge in [0.15, 0.2) is 0 Å². The molecule has 0 fully saturated rings. The molecule has 6 heteroatoms. The van der Waals surface area contributed by atoms with Crippen LogP contribution in [0, 0.1) is 0 Å². The highest BCUT2D eigenvalue weighted by Gasteiger charge is 2.36. The number of aromatic nitrogens is 1. The molecule has 0 saturated heterocycles. The van der Waals surface area contributed by atoms with Gasteiger partial charge < -0.3 is 13.9 Å². The van der Waals surface area contributed by atoms with Gasteiger partial charge in [-0.15, -0.1) is 11.3 Å². The molecule has 5 heterocycles. The highest BCUT2D eigenvalue weighted by atomic mass is 32.1. The fourth-order valence-corrected chi connectivity index (χ4v) is 12.2. The molecule has 12 aromatic rings. The molecule has 0 unspecified atom stereocenters. The second-order valence-electron chi connectivity index (χ2n) is 18.3. The fourth-order valence-electron chi connectivity index (χ4n) is 11.0. The maximum Gasteiger partial charge on any atom is 0.226 e. The van der Waals surface area contributed by atoms with Crippen molar-refractivity contribution in [1.29, 1.82) is 0 Å². The van der Waals surface area contributed by atoms with Gasteiger partial charge in [-0.25, -0.2) is 0 Å². The predicted molar refractivity (Wildman–Crippen MR) is 315 cm³/mol. The summed E-state index contributed by atoms with van der Waals surface area (Å²) in [4.78, 5) is 2.30. The number of anilines is 2. The minimum atomic E-state index is 0.898. The topological polar surface area (TPSA) is 24.3 Å². The molecule has 0 amide bonds. The van der Waals surface area contributed by atoms with Crippen LogP contribution in [0.5, 0.6) is 0 Å². The molecule has 2 radical (unpaired) electrons. The Morgan fingerprint density at radius 3 is 2.12 bits per heavy atom. The summed E-state index contributed by atoms with van der Waals surface area (Å²) in [6, 6.07) is 70.3. The first-order chi connectivity index (χ1) is 36.1. The molecule has 0 aliphatic carbocycles. The van der Waals surface area contributed by atoms with Crippen LogP contribution in [-0.2, 0) is 0 Å². The van der Waals surface area contributed by atoms with Crippen LogP contribution in [-0.4, -0.2) is 18.1 Å². The molecule has 0 N–H and O–H groups in total. The molecular weight excluding hydrogens is 906 g/mol. The van der Waals surface area contributed by atoms with Crippen LogP contribution in [0.25, 0.3) is 91.9 Å². The van der Waals surface area contributed by atoms with Gasteiger partial charge in [0.05, 0.1) is 24.6 Å². The van der Waals surface area contributed by atoms with E-state index in [0.29, 0.717) is 0 Å². The maximum absolute atomic E-state index is 6.19. The van der Waals surface area contributed by atoms with E-state index >= 15 is 0 Å². The van der Waals surface area contributed by atoms with Crippen molar-refractivity contribution in [2.75, 3.05) is 4.90 Å². The number of benzene rings is 9. The monoisotopic (exact) mass is 952 g/mol. The van der Waals surface area contributed by atoms with Gasteiger partial charge in [0.2, 0.25) is 17.1 Å². The number of rotatable bonds is 7. The highest BCUT2D eigenvalue weighted by molar-refractivity contribution is 7.26. The average molecular weight is 953 g/mol. The average Bonchev–Trinajstić information content (AvgIpc) is 4.11. The van der Waals surface area contributed by atoms with Crippen LogP contribution >= 0.6 is 11.3 Å². The van der Waals surface area contributed by atoms with E-state index in [1.54, 1.807) is 0 Å². The van der Waals surface area contributed by atoms with E-state index in [2.05, 4.69) is 260 Å². The van der Waals surface area contributed by atoms with Crippen molar-refractivity contribution >= 4 is 123 Å².